The minimum atomic E-state index is 0.467. The summed E-state index contributed by atoms with van der Waals surface area (Å²) < 4.78 is 6.08. The first-order valence-corrected chi connectivity index (χ1v) is 10.4. The number of hydrogen-bond acceptors (Lipinski definition) is 3. The Labute approximate surface area is 150 Å². The maximum Gasteiger partial charge on any atom is 0.0603 e. The van der Waals surface area contributed by atoms with Crippen LogP contribution in [0.1, 0.15) is 72.6 Å². The maximum absolute atomic E-state index is 6.08. The number of piperidine rings is 1. The van der Waals surface area contributed by atoms with Crippen molar-refractivity contribution in [3.8, 4) is 0 Å². The van der Waals surface area contributed by atoms with Gasteiger partial charge in [0, 0.05) is 12.6 Å². The summed E-state index contributed by atoms with van der Waals surface area (Å²) in [4.78, 5) is 2.45. The molecule has 3 heteroatoms. The molecule has 0 saturated carbocycles. The normalized spacial score (nSPS) is 30.4. The lowest BCUT2D eigenvalue weighted by Gasteiger charge is -2.43. The van der Waals surface area contributed by atoms with Gasteiger partial charge in [0.15, 0.2) is 0 Å². The van der Waals surface area contributed by atoms with E-state index in [-0.39, 0.29) is 0 Å². The van der Waals surface area contributed by atoms with Crippen LogP contribution in [0.25, 0.3) is 0 Å². The summed E-state index contributed by atoms with van der Waals surface area (Å²) >= 11 is 0. The third-order valence-corrected chi connectivity index (χ3v) is 6.40. The summed E-state index contributed by atoms with van der Waals surface area (Å²) in [5.74, 6) is 1.45. The highest BCUT2D eigenvalue weighted by Crippen LogP contribution is 2.43. The topological polar surface area (TPSA) is 24.5 Å². The third-order valence-electron chi connectivity index (χ3n) is 6.40. The lowest BCUT2D eigenvalue weighted by Crippen LogP contribution is -2.44. The summed E-state index contributed by atoms with van der Waals surface area (Å²) in [6.07, 6.45) is 9.70. The molecular formula is C21H42N2O. The van der Waals surface area contributed by atoms with Crippen molar-refractivity contribution in [3.63, 3.8) is 0 Å². The second kappa shape index (κ2) is 9.54. The zero-order chi connectivity index (χ0) is 17.6. The first-order chi connectivity index (χ1) is 11.4. The van der Waals surface area contributed by atoms with Crippen LogP contribution in [0.5, 0.6) is 0 Å². The first-order valence-electron chi connectivity index (χ1n) is 10.4. The molecule has 0 unspecified atom stereocenters. The van der Waals surface area contributed by atoms with Gasteiger partial charge in [-0.1, -0.05) is 34.1 Å². The van der Waals surface area contributed by atoms with Crippen LogP contribution in [0, 0.1) is 17.3 Å². The molecule has 0 aromatic heterocycles. The van der Waals surface area contributed by atoms with E-state index >= 15 is 0 Å². The van der Waals surface area contributed by atoms with E-state index in [9.17, 15) is 0 Å². The first kappa shape index (κ1) is 20.2. The molecule has 0 radical (unpaired) electrons. The van der Waals surface area contributed by atoms with E-state index in [2.05, 4.69) is 45.0 Å². The molecule has 2 aliphatic heterocycles. The average molecular weight is 339 g/mol. The van der Waals surface area contributed by atoms with E-state index < -0.39 is 0 Å². The van der Waals surface area contributed by atoms with E-state index in [1.807, 2.05) is 0 Å². The summed E-state index contributed by atoms with van der Waals surface area (Å²) in [6.45, 7) is 14.0. The van der Waals surface area contributed by atoms with Gasteiger partial charge in [-0.3, -0.25) is 0 Å². The molecule has 2 fully saturated rings. The second-order valence-electron chi connectivity index (χ2n) is 9.32. The minimum absolute atomic E-state index is 0.467. The van der Waals surface area contributed by atoms with Gasteiger partial charge >= 0.3 is 0 Å². The van der Waals surface area contributed by atoms with Crippen LogP contribution in [-0.2, 0) is 4.74 Å². The predicted molar refractivity (Wildman–Crippen MR) is 103 cm³/mol. The summed E-state index contributed by atoms with van der Waals surface area (Å²) in [6, 6.07) is 0.740. The molecule has 2 heterocycles. The number of likely N-dealkylation sites (tertiary alicyclic amines) is 1. The van der Waals surface area contributed by atoms with Crippen molar-refractivity contribution in [1.29, 1.82) is 0 Å². The van der Waals surface area contributed by atoms with Crippen LogP contribution in [0.3, 0.4) is 0 Å². The monoisotopic (exact) mass is 338 g/mol. The molecule has 2 atom stereocenters. The van der Waals surface area contributed by atoms with E-state index in [1.165, 1.54) is 64.6 Å². The number of nitrogens with one attached hydrogen (secondary N) is 1. The van der Waals surface area contributed by atoms with Gasteiger partial charge in [-0.2, -0.15) is 0 Å². The lowest BCUT2D eigenvalue weighted by molar-refractivity contribution is -0.0763. The molecule has 2 rings (SSSR count). The van der Waals surface area contributed by atoms with Crippen LogP contribution in [0.2, 0.25) is 0 Å². The molecule has 0 spiro atoms. The Hall–Kier alpha value is -0.120. The van der Waals surface area contributed by atoms with Gasteiger partial charge in [0.25, 0.3) is 0 Å². The highest BCUT2D eigenvalue weighted by Gasteiger charge is 2.37. The van der Waals surface area contributed by atoms with Crippen molar-refractivity contribution < 1.29 is 4.74 Å². The van der Waals surface area contributed by atoms with Gasteiger partial charge in [-0.25, -0.2) is 0 Å². The SMILES string of the molecule is CC(C)CC[C@@]1(CCNC2CCN(C)CC2)CCO[C@H](C(C)C)C1. The van der Waals surface area contributed by atoms with Crippen molar-refractivity contribution in [2.24, 2.45) is 17.3 Å². The van der Waals surface area contributed by atoms with Crippen molar-refractivity contribution in [1.82, 2.24) is 10.2 Å². The van der Waals surface area contributed by atoms with Gasteiger partial charge in [-0.15, -0.1) is 0 Å². The molecule has 0 amide bonds. The number of ether oxygens (including phenoxy) is 1. The zero-order valence-electron chi connectivity index (χ0n) is 16.9. The molecule has 0 aromatic carbocycles. The van der Waals surface area contributed by atoms with Crippen LogP contribution in [-0.4, -0.2) is 50.3 Å². The Balaban J connectivity index is 1.85. The van der Waals surface area contributed by atoms with Crippen molar-refractivity contribution in [2.45, 2.75) is 84.8 Å². The van der Waals surface area contributed by atoms with E-state index in [1.54, 1.807) is 0 Å². The fourth-order valence-electron chi connectivity index (χ4n) is 4.37. The van der Waals surface area contributed by atoms with Crippen LogP contribution < -0.4 is 5.32 Å². The van der Waals surface area contributed by atoms with Crippen LogP contribution in [0.4, 0.5) is 0 Å². The smallest absolute Gasteiger partial charge is 0.0603 e. The van der Waals surface area contributed by atoms with Gasteiger partial charge in [0.1, 0.15) is 0 Å². The second-order valence-corrected chi connectivity index (χ2v) is 9.32. The van der Waals surface area contributed by atoms with Crippen LogP contribution >= 0.6 is 0 Å². The summed E-state index contributed by atoms with van der Waals surface area (Å²) in [7, 11) is 2.24. The molecule has 0 bridgehead atoms. The number of nitrogens with zero attached hydrogens (tertiary/aromatic N) is 1. The van der Waals surface area contributed by atoms with Crippen LogP contribution in [0.15, 0.2) is 0 Å². The van der Waals surface area contributed by atoms with Crippen molar-refractivity contribution in [2.75, 3.05) is 33.3 Å². The molecular weight excluding hydrogens is 296 g/mol. The average Bonchev–Trinajstić information content (AvgIpc) is 2.55. The Bertz CT molecular complexity index is 350. The number of rotatable bonds is 8. The largest absolute Gasteiger partial charge is 0.378 e. The Morgan fingerprint density at radius 2 is 1.83 bits per heavy atom. The van der Waals surface area contributed by atoms with Gasteiger partial charge < -0.3 is 15.0 Å². The van der Waals surface area contributed by atoms with E-state index in [0.29, 0.717) is 17.4 Å². The number of hydrogen-bond donors (Lipinski definition) is 1. The molecule has 0 aromatic rings. The third kappa shape index (κ3) is 6.31. The van der Waals surface area contributed by atoms with Gasteiger partial charge in [0.2, 0.25) is 0 Å². The van der Waals surface area contributed by atoms with Crippen molar-refractivity contribution >= 4 is 0 Å². The van der Waals surface area contributed by atoms with Gasteiger partial charge in [-0.05, 0) is 82.5 Å². The zero-order valence-corrected chi connectivity index (χ0v) is 16.9. The molecule has 2 aliphatic rings. The molecule has 1 N–H and O–H groups in total. The minimum Gasteiger partial charge on any atom is -0.378 e. The van der Waals surface area contributed by atoms with E-state index in [0.717, 1.165) is 18.6 Å². The quantitative estimate of drug-likeness (QED) is 0.713. The molecule has 2 saturated heterocycles. The Morgan fingerprint density at radius 1 is 1.12 bits per heavy atom. The molecule has 3 nitrogen and oxygen atoms in total. The molecule has 142 valence electrons. The predicted octanol–water partition coefficient (Wildman–Crippen LogP) is 4.32. The lowest BCUT2D eigenvalue weighted by atomic mass is 9.69. The maximum atomic E-state index is 6.08. The fraction of sp³-hybridized carbons (Fsp3) is 1.00. The Morgan fingerprint density at radius 3 is 2.46 bits per heavy atom. The molecule has 0 aliphatic carbocycles. The van der Waals surface area contributed by atoms with E-state index in [4.69, 9.17) is 4.74 Å². The highest BCUT2D eigenvalue weighted by atomic mass is 16.5. The highest BCUT2D eigenvalue weighted by molar-refractivity contribution is 4.88. The van der Waals surface area contributed by atoms with Crippen molar-refractivity contribution in [3.05, 3.63) is 0 Å². The van der Waals surface area contributed by atoms with Gasteiger partial charge in [0.05, 0.1) is 6.10 Å². The standard InChI is InChI=1S/C21H42N2O/c1-17(2)6-9-21(11-15-24-20(16-21)18(3)4)10-12-22-19-7-13-23(5)14-8-19/h17-20,22H,6-16H2,1-5H3/t20-,21+/m0/s1. The summed E-state index contributed by atoms with van der Waals surface area (Å²) in [5, 5.41) is 3.88. The summed E-state index contributed by atoms with van der Waals surface area (Å²) in [5.41, 5.74) is 0.510. The fourth-order valence-corrected chi connectivity index (χ4v) is 4.37. The molecule has 24 heavy (non-hydrogen) atoms. The Kier molecular flexibility index (Phi) is 8.03.